The molecule has 24 heavy (non-hydrogen) atoms. The molecular weight excluding hydrogens is 303 g/mol. The summed E-state index contributed by atoms with van der Waals surface area (Å²) in [5.41, 5.74) is 4.68. The standard InChI is InChI=1S/C21H17FO2/c1-13-10-16(8-9-19(13)22)18-12-17(15-6-4-3-5-7-15)11-14(2)20(18)21(23)24/h3-12H,1-2H3,(H,23,24). The number of carboxylic acid groups (broad SMARTS) is 1. The molecule has 0 spiro atoms. The summed E-state index contributed by atoms with van der Waals surface area (Å²) in [6.45, 7) is 3.46. The third-order valence-electron chi connectivity index (χ3n) is 4.13. The molecule has 3 rings (SSSR count). The first kappa shape index (κ1) is 15.9. The molecule has 0 fully saturated rings. The van der Waals surface area contributed by atoms with E-state index in [-0.39, 0.29) is 11.4 Å². The van der Waals surface area contributed by atoms with Crippen molar-refractivity contribution in [1.29, 1.82) is 0 Å². The molecule has 0 aromatic heterocycles. The normalized spacial score (nSPS) is 10.6. The van der Waals surface area contributed by atoms with Crippen LogP contribution in [-0.4, -0.2) is 11.1 Å². The fourth-order valence-corrected chi connectivity index (χ4v) is 2.91. The molecule has 0 amide bonds. The number of aromatic carboxylic acids is 1. The van der Waals surface area contributed by atoms with Gasteiger partial charge in [0.15, 0.2) is 0 Å². The Labute approximate surface area is 140 Å². The summed E-state index contributed by atoms with van der Waals surface area (Å²) in [6, 6.07) is 18.2. The molecule has 0 atom stereocenters. The Hall–Kier alpha value is -2.94. The highest BCUT2D eigenvalue weighted by molar-refractivity contribution is 5.99. The Morgan fingerprint density at radius 1 is 0.833 bits per heavy atom. The molecule has 3 aromatic carbocycles. The van der Waals surface area contributed by atoms with Crippen LogP contribution in [0.1, 0.15) is 21.5 Å². The van der Waals surface area contributed by atoms with Crippen LogP contribution >= 0.6 is 0 Å². The van der Waals surface area contributed by atoms with Gasteiger partial charge in [-0.1, -0.05) is 42.5 Å². The summed E-state index contributed by atoms with van der Waals surface area (Å²) in [6.07, 6.45) is 0. The van der Waals surface area contributed by atoms with E-state index in [1.807, 2.05) is 42.5 Å². The van der Waals surface area contributed by atoms with Crippen molar-refractivity contribution in [1.82, 2.24) is 0 Å². The number of benzene rings is 3. The van der Waals surface area contributed by atoms with E-state index in [2.05, 4.69) is 0 Å². The van der Waals surface area contributed by atoms with Gasteiger partial charge in [-0.15, -0.1) is 0 Å². The first-order valence-corrected chi connectivity index (χ1v) is 7.67. The first-order chi connectivity index (χ1) is 11.5. The molecule has 0 bridgehead atoms. The highest BCUT2D eigenvalue weighted by atomic mass is 19.1. The molecule has 0 heterocycles. The average Bonchev–Trinajstić information content (AvgIpc) is 2.57. The second kappa shape index (κ2) is 6.28. The van der Waals surface area contributed by atoms with Crippen molar-refractivity contribution >= 4 is 5.97 Å². The zero-order valence-corrected chi connectivity index (χ0v) is 13.5. The van der Waals surface area contributed by atoms with Gasteiger partial charge in [-0.25, -0.2) is 9.18 Å². The molecule has 0 saturated heterocycles. The Morgan fingerprint density at radius 3 is 2.12 bits per heavy atom. The average molecular weight is 320 g/mol. The van der Waals surface area contributed by atoms with Gasteiger partial charge in [0.2, 0.25) is 0 Å². The van der Waals surface area contributed by atoms with E-state index in [1.54, 1.807) is 26.0 Å². The predicted octanol–water partition coefficient (Wildman–Crippen LogP) is 5.47. The third kappa shape index (κ3) is 2.93. The maximum atomic E-state index is 13.6. The number of carbonyl (C=O) groups is 1. The van der Waals surface area contributed by atoms with E-state index in [0.29, 0.717) is 22.3 Å². The highest BCUT2D eigenvalue weighted by Gasteiger charge is 2.17. The lowest BCUT2D eigenvalue weighted by Crippen LogP contribution is -2.04. The Bertz CT molecular complexity index is 915. The largest absolute Gasteiger partial charge is 0.478 e. The van der Waals surface area contributed by atoms with E-state index >= 15 is 0 Å². The summed E-state index contributed by atoms with van der Waals surface area (Å²) in [4.78, 5) is 11.7. The number of hydrogen-bond donors (Lipinski definition) is 1. The van der Waals surface area contributed by atoms with Gasteiger partial charge in [-0.05, 0) is 65.4 Å². The van der Waals surface area contributed by atoms with Crippen LogP contribution < -0.4 is 0 Å². The van der Waals surface area contributed by atoms with E-state index in [4.69, 9.17) is 0 Å². The summed E-state index contributed by atoms with van der Waals surface area (Å²) < 4.78 is 13.6. The lowest BCUT2D eigenvalue weighted by Gasteiger charge is -2.14. The van der Waals surface area contributed by atoms with E-state index in [1.165, 1.54) is 6.07 Å². The molecule has 3 heteroatoms. The van der Waals surface area contributed by atoms with E-state index in [9.17, 15) is 14.3 Å². The van der Waals surface area contributed by atoms with Gasteiger partial charge >= 0.3 is 5.97 Å². The molecular formula is C21H17FO2. The highest BCUT2D eigenvalue weighted by Crippen LogP contribution is 2.33. The van der Waals surface area contributed by atoms with Crippen molar-refractivity contribution < 1.29 is 14.3 Å². The zero-order valence-electron chi connectivity index (χ0n) is 13.5. The molecule has 3 aromatic rings. The number of carboxylic acids is 1. The molecule has 0 aliphatic carbocycles. The Morgan fingerprint density at radius 2 is 1.50 bits per heavy atom. The first-order valence-electron chi connectivity index (χ1n) is 7.67. The predicted molar refractivity (Wildman–Crippen MR) is 93.7 cm³/mol. The lowest BCUT2D eigenvalue weighted by atomic mass is 9.90. The second-order valence-electron chi connectivity index (χ2n) is 5.85. The third-order valence-corrected chi connectivity index (χ3v) is 4.13. The number of aryl methyl sites for hydroxylation is 2. The van der Waals surface area contributed by atoms with Gasteiger partial charge < -0.3 is 5.11 Å². The van der Waals surface area contributed by atoms with Crippen molar-refractivity contribution in [3.8, 4) is 22.3 Å². The minimum atomic E-state index is -0.982. The van der Waals surface area contributed by atoms with Crippen LogP contribution in [0.4, 0.5) is 4.39 Å². The monoisotopic (exact) mass is 320 g/mol. The van der Waals surface area contributed by atoms with Crippen molar-refractivity contribution in [3.05, 3.63) is 83.2 Å². The summed E-state index contributed by atoms with van der Waals surface area (Å²) in [5, 5.41) is 9.62. The second-order valence-corrected chi connectivity index (χ2v) is 5.85. The van der Waals surface area contributed by atoms with Gasteiger partial charge in [0, 0.05) is 0 Å². The molecule has 1 N–H and O–H groups in total. The quantitative estimate of drug-likeness (QED) is 0.694. The van der Waals surface area contributed by atoms with Gasteiger partial charge in [-0.3, -0.25) is 0 Å². The van der Waals surface area contributed by atoms with Gasteiger partial charge in [0.05, 0.1) is 5.56 Å². The van der Waals surface area contributed by atoms with E-state index in [0.717, 1.165) is 11.1 Å². The molecule has 0 saturated carbocycles. The molecule has 120 valence electrons. The van der Waals surface area contributed by atoms with Crippen LogP contribution in [-0.2, 0) is 0 Å². The number of halogens is 1. The Kier molecular flexibility index (Phi) is 4.17. The SMILES string of the molecule is Cc1cc(-c2cc(-c3ccccc3)cc(C)c2C(=O)O)ccc1F. The van der Waals surface area contributed by atoms with Gasteiger partial charge in [-0.2, -0.15) is 0 Å². The van der Waals surface area contributed by atoms with Crippen molar-refractivity contribution in [2.45, 2.75) is 13.8 Å². The van der Waals surface area contributed by atoms with Crippen LogP contribution in [0.25, 0.3) is 22.3 Å². The van der Waals surface area contributed by atoms with Crippen molar-refractivity contribution in [2.75, 3.05) is 0 Å². The maximum Gasteiger partial charge on any atom is 0.336 e. The van der Waals surface area contributed by atoms with Crippen LogP contribution in [0.2, 0.25) is 0 Å². The topological polar surface area (TPSA) is 37.3 Å². The van der Waals surface area contributed by atoms with Crippen LogP contribution in [0.15, 0.2) is 60.7 Å². The maximum absolute atomic E-state index is 13.6. The summed E-state index contributed by atoms with van der Waals surface area (Å²) in [5.74, 6) is -1.28. The zero-order chi connectivity index (χ0) is 17.3. The summed E-state index contributed by atoms with van der Waals surface area (Å²) in [7, 11) is 0. The fourth-order valence-electron chi connectivity index (χ4n) is 2.91. The van der Waals surface area contributed by atoms with Gasteiger partial charge in [0.25, 0.3) is 0 Å². The summed E-state index contributed by atoms with van der Waals surface area (Å²) >= 11 is 0. The number of rotatable bonds is 3. The van der Waals surface area contributed by atoms with Crippen LogP contribution in [0.5, 0.6) is 0 Å². The molecule has 0 unspecified atom stereocenters. The minimum Gasteiger partial charge on any atom is -0.478 e. The molecule has 0 aliphatic heterocycles. The van der Waals surface area contributed by atoms with Gasteiger partial charge in [0.1, 0.15) is 5.82 Å². The smallest absolute Gasteiger partial charge is 0.336 e. The minimum absolute atomic E-state index is 0.251. The fraction of sp³-hybridized carbons (Fsp3) is 0.0952. The van der Waals surface area contributed by atoms with Crippen LogP contribution in [0, 0.1) is 19.7 Å². The van der Waals surface area contributed by atoms with Crippen molar-refractivity contribution in [3.63, 3.8) is 0 Å². The van der Waals surface area contributed by atoms with E-state index < -0.39 is 5.97 Å². The molecule has 2 nitrogen and oxygen atoms in total. The lowest BCUT2D eigenvalue weighted by molar-refractivity contribution is 0.0697. The molecule has 0 radical (unpaired) electrons. The molecule has 0 aliphatic rings. The van der Waals surface area contributed by atoms with Crippen LogP contribution in [0.3, 0.4) is 0 Å². The number of hydrogen-bond acceptors (Lipinski definition) is 1. The van der Waals surface area contributed by atoms with Crippen molar-refractivity contribution in [2.24, 2.45) is 0 Å². The Balaban J connectivity index is 2.27.